The molecule has 1 heterocycles. The van der Waals surface area contributed by atoms with Gasteiger partial charge in [-0.2, -0.15) is 0 Å². The van der Waals surface area contributed by atoms with Crippen molar-refractivity contribution in [3.05, 3.63) is 40.9 Å². The van der Waals surface area contributed by atoms with Crippen molar-refractivity contribution >= 4 is 22.4 Å². The Kier molecular flexibility index (Phi) is 5.83. The third kappa shape index (κ3) is 4.61. The monoisotopic (exact) mass is 304 g/mol. The van der Waals surface area contributed by atoms with Gasteiger partial charge in [-0.25, -0.2) is 0 Å². The lowest BCUT2D eigenvalue weighted by molar-refractivity contribution is 0.102. The fraction of sp³-hybridized carbons (Fsp3) is 0.400. The van der Waals surface area contributed by atoms with Crippen LogP contribution in [0.25, 0.3) is 0 Å². The fourth-order valence-corrected chi connectivity index (χ4v) is 2.68. The van der Waals surface area contributed by atoms with Crippen molar-refractivity contribution in [3.63, 3.8) is 0 Å². The Labute approximate surface area is 129 Å². The average molecular weight is 304 g/mol. The van der Waals surface area contributed by atoms with Crippen LogP contribution in [0, 0.1) is 0 Å². The van der Waals surface area contributed by atoms with Crippen molar-refractivity contribution in [2.45, 2.75) is 20.3 Å². The third-order valence-corrected chi connectivity index (χ3v) is 4.16. The molecule has 0 atom stereocenters. The molecule has 0 aliphatic heterocycles. The first-order valence-electron chi connectivity index (χ1n) is 7.14. The molecule has 0 aliphatic rings. The number of nitrogens with zero attached hydrogens (tertiary/aromatic N) is 3. The minimum Gasteiger partial charge on any atom is -0.303 e. The Hall–Kier alpha value is -1.79. The predicted molar refractivity (Wildman–Crippen MR) is 85.8 cm³/mol. The number of benzene rings is 1. The lowest BCUT2D eigenvalue weighted by Crippen LogP contribution is -2.25. The van der Waals surface area contributed by atoms with Crippen LogP contribution in [0.2, 0.25) is 0 Å². The molecule has 0 spiro atoms. The van der Waals surface area contributed by atoms with Crippen LogP contribution in [0.4, 0.5) is 5.13 Å². The van der Waals surface area contributed by atoms with Gasteiger partial charge in [0.15, 0.2) is 0 Å². The number of hydrogen-bond donors (Lipinski definition) is 1. The van der Waals surface area contributed by atoms with Crippen LogP contribution >= 0.6 is 11.3 Å². The highest BCUT2D eigenvalue weighted by Crippen LogP contribution is 2.17. The Bertz CT molecular complexity index is 566. The van der Waals surface area contributed by atoms with E-state index >= 15 is 0 Å². The summed E-state index contributed by atoms with van der Waals surface area (Å²) < 4.78 is 0. The van der Waals surface area contributed by atoms with Crippen molar-refractivity contribution < 1.29 is 4.79 Å². The maximum Gasteiger partial charge on any atom is 0.257 e. The molecule has 0 fully saturated rings. The standard InChI is InChI=1S/C15H20N4OS/c1-3-19(4-2)11-10-13-17-18-15(21-13)16-14(20)12-8-6-5-7-9-12/h5-9H,3-4,10-11H2,1-2H3,(H,16,18,20). The number of hydrogen-bond acceptors (Lipinski definition) is 5. The van der Waals surface area contributed by atoms with Crippen LogP contribution in [0.15, 0.2) is 30.3 Å². The lowest BCUT2D eigenvalue weighted by atomic mass is 10.2. The summed E-state index contributed by atoms with van der Waals surface area (Å²) in [5.74, 6) is -0.151. The smallest absolute Gasteiger partial charge is 0.257 e. The molecule has 112 valence electrons. The van der Waals surface area contributed by atoms with E-state index in [1.807, 2.05) is 18.2 Å². The number of amides is 1. The Morgan fingerprint density at radius 3 is 2.57 bits per heavy atom. The zero-order valence-corrected chi connectivity index (χ0v) is 13.2. The first-order valence-corrected chi connectivity index (χ1v) is 7.95. The van der Waals surface area contributed by atoms with Crippen molar-refractivity contribution in [2.24, 2.45) is 0 Å². The van der Waals surface area contributed by atoms with E-state index in [4.69, 9.17) is 0 Å². The summed E-state index contributed by atoms with van der Waals surface area (Å²) in [4.78, 5) is 14.3. The molecule has 0 saturated carbocycles. The molecule has 2 aromatic rings. The Balaban J connectivity index is 1.90. The minimum atomic E-state index is -0.151. The summed E-state index contributed by atoms with van der Waals surface area (Å²) in [6.45, 7) is 7.33. The molecular formula is C15H20N4OS. The van der Waals surface area contributed by atoms with E-state index in [1.54, 1.807) is 12.1 Å². The average Bonchev–Trinajstić information content (AvgIpc) is 2.96. The fourth-order valence-electron chi connectivity index (χ4n) is 1.96. The third-order valence-electron chi connectivity index (χ3n) is 3.26. The van der Waals surface area contributed by atoms with Crippen molar-refractivity contribution in [2.75, 3.05) is 25.0 Å². The van der Waals surface area contributed by atoms with Gasteiger partial charge in [-0.15, -0.1) is 10.2 Å². The largest absolute Gasteiger partial charge is 0.303 e. The first-order chi connectivity index (χ1) is 10.2. The number of carbonyl (C=O) groups is 1. The second-order valence-electron chi connectivity index (χ2n) is 4.60. The van der Waals surface area contributed by atoms with E-state index in [9.17, 15) is 4.79 Å². The zero-order chi connectivity index (χ0) is 15.1. The van der Waals surface area contributed by atoms with Gasteiger partial charge in [-0.05, 0) is 25.2 Å². The summed E-state index contributed by atoms with van der Waals surface area (Å²) in [6.07, 6.45) is 0.862. The van der Waals surface area contributed by atoms with Crippen LogP contribution in [-0.2, 0) is 6.42 Å². The molecule has 0 radical (unpaired) electrons. The van der Waals surface area contributed by atoms with E-state index < -0.39 is 0 Å². The highest BCUT2D eigenvalue weighted by Gasteiger charge is 2.10. The van der Waals surface area contributed by atoms with Gasteiger partial charge in [0, 0.05) is 18.5 Å². The summed E-state index contributed by atoms with van der Waals surface area (Å²) in [7, 11) is 0. The van der Waals surface area contributed by atoms with Gasteiger partial charge < -0.3 is 4.90 Å². The van der Waals surface area contributed by atoms with Gasteiger partial charge in [-0.3, -0.25) is 10.1 Å². The molecular weight excluding hydrogens is 284 g/mol. The molecule has 2 rings (SSSR count). The predicted octanol–water partition coefficient (Wildman–Crippen LogP) is 2.67. The topological polar surface area (TPSA) is 58.1 Å². The van der Waals surface area contributed by atoms with Crippen molar-refractivity contribution in [1.29, 1.82) is 0 Å². The van der Waals surface area contributed by atoms with Crippen LogP contribution in [0.5, 0.6) is 0 Å². The van der Waals surface area contributed by atoms with Crippen LogP contribution in [-0.4, -0.2) is 40.6 Å². The van der Waals surface area contributed by atoms with Gasteiger partial charge >= 0.3 is 0 Å². The molecule has 21 heavy (non-hydrogen) atoms. The highest BCUT2D eigenvalue weighted by atomic mass is 32.1. The van der Waals surface area contributed by atoms with Gasteiger partial charge in [0.2, 0.25) is 5.13 Å². The number of likely N-dealkylation sites (N-methyl/N-ethyl adjacent to an activating group) is 1. The molecule has 0 aliphatic carbocycles. The summed E-state index contributed by atoms with van der Waals surface area (Å²) in [5, 5.41) is 12.4. The van der Waals surface area contributed by atoms with E-state index in [0.29, 0.717) is 10.7 Å². The molecule has 5 nitrogen and oxygen atoms in total. The molecule has 0 saturated heterocycles. The molecule has 1 amide bonds. The van der Waals surface area contributed by atoms with Gasteiger partial charge in [0.25, 0.3) is 5.91 Å². The molecule has 1 aromatic heterocycles. The summed E-state index contributed by atoms with van der Waals surface area (Å²) >= 11 is 1.44. The van der Waals surface area contributed by atoms with Gasteiger partial charge in [0.05, 0.1) is 0 Å². The second kappa shape index (κ2) is 7.85. The highest BCUT2D eigenvalue weighted by molar-refractivity contribution is 7.15. The maximum atomic E-state index is 12.0. The molecule has 6 heteroatoms. The SMILES string of the molecule is CCN(CC)CCc1nnc(NC(=O)c2ccccc2)s1. The Morgan fingerprint density at radius 1 is 1.19 bits per heavy atom. The summed E-state index contributed by atoms with van der Waals surface area (Å²) in [5.41, 5.74) is 0.623. The number of aromatic nitrogens is 2. The van der Waals surface area contributed by atoms with Crippen LogP contribution in [0.1, 0.15) is 29.2 Å². The molecule has 0 bridgehead atoms. The maximum absolute atomic E-state index is 12.0. The zero-order valence-electron chi connectivity index (χ0n) is 12.4. The van der Waals surface area contributed by atoms with Crippen LogP contribution < -0.4 is 5.32 Å². The minimum absolute atomic E-state index is 0.151. The summed E-state index contributed by atoms with van der Waals surface area (Å²) in [6, 6.07) is 9.11. The van der Waals surface area contributed by atoms with Gasteiger partial charge in [0.1, 0.15) is 5.01 Å². The second-order valence-corrected chi connectivity index (χ2v) is 5.66. The number of carbonyl (C=O) groups excluding carboxylic acids is 1. The lowest BCUT2D eigenvalue weighted by Gasteiger charge is -2.16. The van der Waals surface area contributed by atoms with Crippen molar-refractivity contribution in [1.82, 2.24) is 15.1 Å². The van der Waals surface area contributed by atoms with E-state index in [-0.39, 0.29) is 5.91 Å². The quantitative estimate of drug-likeness (QED) is 0.854. The van der Waals surface area contributed by atoms with E-state index in [1.165, 1.54) is 11.3 Å². The van der Waals surface area contributed by atoms with Crippen LogP contribution in [0.3, 0.4) is 0 Å². The Morgan fingerprint density at radius 2 is 1.90 bits per heavy atom. The number of anilines is 1. The number of rotatable bonds is 7. The number of nitrogens with one attached hydrogen (secondary N) is 1. The van der Waals surface area contributed by atoms with E-state index in [0.717, 1.165) is 31.1 Å². The first kappa shape index (κ1) is 15.6. The molecule has 1 N–H and O–H groups in total. The molecule has 1 aromatic carbocycles. The van der Waals surface area contributed by atoms with E-state index in [2.05, 4.69) is 34.3 Å². The normalized spacial score (nSPS) is 10.8. The molecule has 0 unspecified atom stereocenters. The van der Waals surface area contributed by atoms with Crippen molar-refractivity contribution in [3.8, 4) is 0 Å². The van der Waals surface area contributed by atoms with Gasteiger partial charge in [-0.1, -0.05) is 43.4 Å².